The molecule has 3 rings (SSSR count). The van der Waals surface area contributed by atoms with Crippen LogP contribution in [0.15, 0.2) is 41.9 Å². The maximum absolute atomic E-state index is 14.2. The van der Waals surface area contributed by atoms with E-state index in [0.717, 1.165) is 23.4 Å². The van der Waals surface area contributed by atoms with Gasteiger partial charge in [-0.05, 0) is 50.5 Å². The van der Waals surface area contributed by atoms with Gasteiger partial charge in [0.15, 0.2) is 0 Å². The average molecular weight is 743 g/mol. The second kappa shape index (κ2) is 19.6. The van der Waals surface area contributed by atoms with Crippen molar-refractivity contribution in [1.82, 2.24) is 25.4 Å². The summed E-state index contributed by atoms with van der Waals surface area (Å²) in [4.78, 5) is 62.8. The molecule has 0 spiro atoms. The number of amides is 4. The Hall–Kier alpha value is -3.39. The molecule has 1 aliphatic heterocycles. The highest BCUT2D eigenvalue weighted by atomic mass is 32.1. The molecule has 0 radical (unpaired) electrons. The van der Waals surface area contributed by atoms with Crippen molar-refractivity contribution in [3.8, 4) is 0 Å². The molecule has 1 aromatic carbocycles. The zero-order valence-electron chi connectivity index (χ0n) is 32.8. The van der Waals surface area contributed by atoms with Gasteiger partial charge in [0.05, 0.1) is 48.2 Å². The first-order chi connectivity index (χ1) is 24.5. The number of nitrogens with one attached hydrogen (secondary N) is 2. The van der Waals surface area contributed by atoms with Gasteiger partial charge in [-0.3, -0.25) is 19.2 Å². The molecule has 1 aromatic heterocycles. The highest BCUT2D eigenvalue weighted by molar-refractivity contribution is 7.09. The van der Waals surface area contributed by atoms with Crippen molar-refractivity contribution in [3.63, 3.8) is 0 Å². The van der Waals surface area contributed by atoms with Crippen molar-refractivity contribution < 1.29 is 28.7 Å². The second-order valence-electron chi connectivity index (χ2n) is 15.1. The Bertz CT molecular complexity index is 1430. The SMILES string of the molecule is CC[C@H](C)[C@@H]([C@@H](CC(=O)N1CCC[C@H]1[C@H](OC)[C@@H](C)C(=O)N[C@@H](Cc1ccccc1)c1nccs1)OC)N(C)C(=O)[C@@H](NC(=O)C(C)(C)N)C(C)C. The molecule has 0 saturated carbocycles. The summed E-state index contributed by atoms with van der Waals surface area (Å²) in [6.45, 7) is 13.4. The van der Waals surface area contributed by atoms with Crippen molar-refractivity contribution in [2.24, 2.45) is 23.5 Å². The minimum atomic E-state index is -1.15. The zero-order valence-corrected chi connectivity index (χ0v) is 33.6. The maximum atomic E-state index is 14.2. The Morgan fingerprint density at radius 2 is 1.75 bits per heavy atom. The number of carbonyl (C=O) groups excluding carboxylic acids is 4. The summed E-state index contributed by atoms with van der Waals surface area (Å²) in [6, 6.07) is 8.11. The summed E-state index contributed by atoms with van der Waals surface area (Å²) in [7, 11) is 4.86. The third-order valence-corrected chi connectivity index (χ3v) is 11.3. The minimum Gasteiger partial charge on any atom is -0.379 e. The molecule has 0 aliphatic carbocycles. The quantitative estimate of drug-likeness (QED) is 0.192. The van der Waals surface area contributed by atoms with Crippen LogP contribution < -0.4 is 16.4 Å². The van der Waals surface area contributed by atoms with Gasteiger partial charge < -0.3 is 35.6 Å². The van der Waals surface area contributed by atoms with Crippen LogP contribution in [0.1, 0.15) is 90.8 Å². The van der Waals surface area contributed by atoms with Crippen molar-refractivity contribution in [2.45, 2.75) is 122 Å². The number of hydrogen-bond donors (Lipinski definition) is 3. The Morgan fingerprint density at radius 3 is 2.29 bits per heavy atom. The number of benzene rings is 1. The summed E-state index contributed by atoms with van der Waals surface area (Å²) in [6.07, 6.45) is 3.42. The van der Waals surface area contributed by atoms with Crippen LogP contribution in [-0.2, 0) is 35.1 Å². The number of carbonyl (C=O) groups is 4. The number of methoxy groups -OCH3 is 2. The predicted molar refractivity (Wildman–Crippen MR) is 204 cm³/mol. The second-order valence-corrected chi connectivity index (χ2v) is 16.1. The lowest BCUT2D eigenvalue weighted by Crippen LogP contribution is -2.60. The van der Waals surface area contributed by atoms with Crippen LogP contribution in [0.3, 0.4) is 0 Å². The lowest BCUT2D eigenvalue weighted by Gasteiger charge is -2.41. The van der Waals surface area contributed by atoms with Crippen molar-refractivity contribution >= 4 is 35.0 Å². The number of ether oxygens (including phenoxy) is 2. The minimum absolute atomic E-state index is 0.0207. The van der Waals surface area contributed by atoms with Gasteiger partial charge in [-0.2, -0.15) is 0 Å². The van der Waals surface area contributed by atoms with E-state index >= 15 is 0 Å². The predicted octanol–water partition coefficient (Wildman–Crippen LogP) is 4.34. The van der Waals surface area contributed by atoms with Crippen LogP contribution in [0.4, 0.5) is 0 Å². The molecular weight excluding hydrogens is 681 g/mol. The Kier molecular flexibility index (Phi) is 16.2. The highest BCUT2D eigenvalue weighted by Gasteiger charge is 2.43. The lowest BCUT2D eigenvalue weighted by molar-refractivity contribution is -0.148. The van der Waals surface area contributed by atoms with Gasteiger partial charge in [0.2, 0.25) is 23.6 Å². The Balaban J connectivity index is 1.78. The molecule has 0 unspecified atom stereocenters. The van der Waals surface area contributed by atoms with Gasteiger partial charge in [0.1, 0.15) is 11.0 Å². The Labute approximate surface area is 314 Å². The van der Waals surface area contributed by atoms with Gasteiger partial charge in [-0.15, -0.1) is 11.3 Å². The number of rotatable bonds is 19. The molecule has 52 heavy (non-hydrogen) atoms. The molecule has 2 aromatic rings. The molecule has 0 bridgehead atoms. The van der Waals surface area contributed by atoms with Crippen LogP contribution in [0.2, 0.25) is 0 Å². The van der Waals surface area contributed by atoms with E-state index in [0.29, 0.717) is 19.4 Å². The third kappa shape index (κ3) is 11.1. The Morgan fingerprint density at radius 1 is 1.08 bits per heavy atom. The molecular formula is C39H62N6O6S. The van der Waals surface area contributed by atoms with E-state index in [4.69, 9.17) is 15.2 Å². The summed E-state index contributed by atoms with van der Waals surface area (Å²) < 4.78 is 12.0. The van der Waals surface area contributed by atoms with Crippen LogP contribution in [-0.4, -0.2) is 102 Å². The maximum Gasteiger partial charge on any atom is 0.245 e. The average Bonchev–Trinajstić information content (AvgIpc) is 3.83. The first-order valence-electron chi connectivity index (χ1n) is 18.5. The molecule has 1 fully saturated rings. The largest absolute Gasteiger partial charge is 0.379 e. The smallest absolute Gasteiger partial charge is 0.245 e. The molecule has 13 heteroatoms. The normalized spacial score (nSPS) is 18.9. The fourth-order valence-corrected chi connectivity index (χ4v) is 7.82. The van der Waals surface area contributed by atoms with Crippen molar-refractivity contribution in [1.29, 1.82) is 0 Å². The van der Waals surface area contributed by atoms with Crippen molar-refractivity contribution in [3.05, 3.63) is 52.5 Å². The van der Waals surface area contributed by atoms with E-state index < -0.39 is 41.7 Å². The summed E-state index contributed by atoms with van der Waals surface area (Å²) in [5, 5.41) is 8.79. The van der Waals surface area contributed by atoms with E-state index in [9.17, 15) is 19.2 Å². The zero-order chi connectivity index (χ0) is 38.7. The van der Waals surface area contributed by atoms with E-state index in [1.165, 1.54) is 11.3 Å². The van der Waals surface area contributed by atoms with Crippen molar-refractivity contribution in [2.75, 3.05) is 27.8 Å². The number of nitrogens with two attached hydrogens (primary N) is 1. The van der Waals surface area contributed by atoms with Gasteiger partial charge >= 0.3 is 0 Å². The highest BCUT2D eigenvalue weighted by Crippen LogP contribution is 2.30. The van der Waals surface area contributed by atoms with Crippen LogP contribution in [0, 0.1) is 17.8 Å². The van der Waals surface area contributed by atoms with Gasteiger partial charge in [-0.1, -0.05) is 71.4 Å². The number of aromatic nitrogens is 1. The number of likely N-dealkylation sites (tertiary alicyclic amines) is 1. The van der Waals surface area contributed by atoms with Crippen LogP contribution in [0.5, 0.6) is 0 Å². The molecule has 1 aliphatic rings. The fraction of sp³-hybridized carbons (Fsp3) is 0.667. The summed E-state index contributed by atoms with van der Waals surface area (Å²) in [5.74, 6) is -1.76. The summed E-state index contributed by atoms with van der Waals surface area (Å²) >= 11 is 1.50. The molecule has 12 nitrogen and oxygen atoms in total. The monoisotopic (exact) mass is 742 g/mol. The number of likely N-dealkylation sites (N-methyl/N-ethyl adjacent to an activating group) is 1. The van der Waals surface area contributed by atoms with E-state index in [-0.39, 0.29) is 48.1 Å². The van der Waals surface area contributed by atoms with Gasteiger partial charge in [0, 0.05) is 39.4 Å². The van der Waals surface area contributed by atoms with Gasteiger partial charge in [0.25, 0.3) is 0 Å². The number of hydrogen-bond acceptors (Lipinski definition) is 9. The van der Waals surface area contributed by atoms with Gasteiger partial charge in [-0.25, -0.2) is 4.98 Å². The van der Waals surface area contributed by atoms with E-state index in [1.807, 2.05) is 75.2 Å². The molecule has 1 saturated heterocycles. The lowest BCUT2D eigenvalue weighted by atomic mass is 9.89. The number of thiazole rings is 1. The first kappa shape index (κ1) is 43.0. The van der Waals surface area contributed by atoms with Crippen LogP contribution in [0.25, 0.3) is 0 Å². The molecule has 290 valence electrons. The molecule has 8 atom stereocenters. The van der Waals surface area contributed by atoms with E-state index in [2.05, 4.69) is 15.6 Å². The standard InChI is InChI=1S/C39H62N6O6S/c1-11-25(4)33(44(8)37(48)32(24(2)3)43-38(49)39(6,7)40)30(50-9)23-31(46)45-20-15-18-29(45)34(51-10)26(5)35(47)42-28(36-41-19-21-52-36)22-27-16-13-12-14-17-27/h12-14,16-17,19,21,24-26,28-30,32-34H,11,15,18,20,22-23,40H2,1-10H3,(H,42,47)(H,43,49)/t25-,26+,28-,29-,30+,32-,33-,34+/m0/s1. The molecule has 4 amide bonds. The molecule has 4 N–H and O–H groups in total. The first-order valence-corrected chi connectivity index (χ1v) is 19.4. The molecule has 2 heterocycles. The topological polar surface area (TPSA) is 156 Å². The fourth-order valence-electron chi connectivity index (χ4n) is 7.13. The van der Waals surface area contributed by atoms with E-state index in [1.54, 1.807) is 46.2 Å². The summed E-state index contributed by atoms with van der Waals surface area (Å²) in [5.41, 5.74) is 5.97. The third-order valence-electron chi connectivity index (χ3n) is 10.4. The van der Waals surface area contributed by atoms with Crippen LogP contribution >= 0.6 is 11.3 Å². The number of nitrogens with zero attached hydrogens (tertiary/aromatic N) is 3.